The highest BCUT2D eigenvalue weighted by Crippen LogP contribution is 2.16. The van der Waals surface area contributed by atoms with Gasteiger partial charge in [-0.25, -0.2) is 0 Å². The molecule has 0 fully saturated rings. The Morgan fingerprint density at radius 2 is 1.89 bits per heavy atom. The number of benzene rings is 1. The summed E-state index contributed by atoms with van der Waals surface area (Å²) in [6.07, 6.45) is 1.03. The lowest BCUT2D eigenvalue weighted by Crippen LogP contribution is -2.37. The summed E-state index contributed by atoms with van der Waals surface area (Å²) in [5.74, 6) is 1.08. The van der Waals surface area contributed by atoms with Gasteiger partial charge in [-0.1, -0.05) is 30.3 Å². The summed E-state index contributed by atoms with van der Waals surface area (Å²) in [6, 6.07) is 11.7. The van der Waals surface area contributed by atoms with Crippen LogP contribution < -0.4 is 5.32 Å². The minimum absolute atomic E-state index is 0.0683. The molecular formula is C21H28N2O4. The van der Waals surface area contributed by atoms with E-state index < -0.39 is 0 Å². The molecule has 0 spiro atoms. The lowest BCUT2D eigenvalue weighted by atomic mass is 10.1. The summed E-state index contributed by atoms with van der Waals surface area (Å²) in [5, 5.41) is 2.91. The number of nitrogens with zero attached hydrogens (tertiary/aromatic N) is 1. The molecule has 1 aromatic heterocycles. The lowest BCUT2D eigenvalue weighted by Gasteiger charge is -2.22. The van der Waals surface area contributed by atoms with E-state index in [0.717, 1.165) is 6.42 Å². The summed E-state index contributed by atoms with van der Waals surface area (Å²) in [5.41, 5.74) is 1.72. The lowest BCUT2D eigenvalue weighted by molar-refractivity contribution is -0.121. The number of amides is 2. The van der Waals surface area contributed by atoms with E-state index in [0.29, 0.717) is 43.3 Å². The number of carbonyl (C=O) groups is 2. The Hall–Kier alpha value is -2.60. The normalized spacial score (nSPS) is 10.6. The topological polar surface area (TPSA) is 71.8 Å². The van der Waals surface area contributed by atoms with Crippen molar-refractivity contribution in [3.63, 3.8) is 0 Å². The van der Waals surface area contributed by atoms with Gasteiger partial charge in [0.25, 0.3) is 5.91 Å². The number of methoxy groups -OCH3 is 1. The van der Waals surface area contributed by atoms with E-state index in [9.17, 15) is 9.59 Å². The van der Waals surface area contributed by atoms with E-state index in [1.807, 2.05) is 37.3 Å². The first-order valence-electron chi connectivity index (χ1n) is 9.17. The molecule has 0 saturated carbocycles. The van der Waals surface area contributed by atoms with Gasteiger partial charge in [0.15, 0.2) is 0 Å². The van der Waals surface area contributed by atoms with Gasteiger partial charge in [0, 0.05) is 33.2 Å². The maximum Gasteiger partial charge on any atom is 0.257 e. The van der Waals surface area contributed by atoms with Crippen molar-refractivity contribution in [2.24, 2.45) is 0 Å². The van der Waals surface area contributed by atoms with Crippen molar-refractivity contribution >= 4 is 11.8 Å². The predicted octanol–water partition coefficient (Wildman–Crippen LogP) is 2.73. The quantitative estimate of drug-likeness (QED) is 0.696. The molecule has 6 heteroatoms. The van der Waals surface area contributed by atoms with Gasteiger partial charge in [0.05, 0.1) is 12.2 Å². The van der Waals surface area contributed by atoms with Crippen LogP contribution in [0.25, 0.3) is 0 Å². The summed E-state index contributed by atoms with van der Waals surface area (Å²) in [7, 11) is 1.59. The minimum Gasteiger partial charge on any atom is -0.466 e. The molecule has 0 bridgehead atoms. The third-order valence-electron chi connectivity index (χ3n) is 4.31. The van der Waals surface area contributed by atoms with Gasteiger partial charge in [-0.15, -0.1) is 0 Å². The number of furan rings is 1. The molecule has 6 nitrogen and oxygen atoms in total. The monoisotopic (exact) mass is 372 g/mol. The van der Waals surface area contributed by atoms with Crippen LogP contribution in [-0.4, -0.2) is 50.1 Å². The van der Waals surface area contributed by atoms with Crippen molar-refractivity contribution in [1.82, 2.24) is 10.2 Å². The zero-order chi connectivity index (χ0) is 19.6. The van der Waals surface area contributed by atoms with Crippen molar-refractivity contribution in [2.75, 3.05) is 33.4 Å². The van der Waals surface area contributed by atoms with Gasteiger partial charge in [0.1, 0.15) is 11.5 Å². The second kappa shape index (κ2) is 10.5. The molecule has 2 aromatic rings. The van der Waals surface area contributed by atoms with Crippen molar-refractivity contribution in [1.29, 1.82) is 0 Å². The maximum atomic E-state index is 12.8. The zero-order valence-electron chi connectivity index (χ0n) is 16.3. The van der Waals surface area contributed by atoms with Crippen LogP contribution in [0.4, 0.5) is 0 Å². The van der Waals surface area contributed by atoms with Gasteiger partial charge in [-0.05, 0) is 31.9 Å². The molecule has 146 valence electrons. The minimum atomic E-state index is -0.140. The summed E-state index contributed by atoms with van der Waals surface area (Å²) in [6.45, 7) is 5.33. The molecule has 27 heavy (non-hydrogen) atoms. The number of nitrogens with one attached hydrogen (secondary N) is 1. The van der Waals surface area contributed by atoms with E-state index in [1.54, 1.807) is 25.0 Å². The van der Waals surface area contributed by atoms with Gasteiger partial charge in [-0.2, -0.15) is 0 Å². The van der Waals surface area contributed by atoms with E-state index in [1.165, 1.54) is 5.56 Å². The molecule has 2 rings (SSSR count). The smallest absolute Gasteiger partial charge is 0.257 e. The summed E-state index contributed by atoms with van der Waals surface area (Å²) >= 11 is 0. The van der Waals surface area contributed by atoms with E-state index >= 15 is 0 Å². The molecule has 0 radical (unpaired) electrons. The first-order chi connectivity index (χ1) is 13.0. The SMILES string of the molecule is COCCN(CCC(=O)NCCc1ccccc1)C(=O)c1cc(C)oc1C. The Balaban J connectivity index is 1.85. The molecule has 2 amide bonds. The molecule has 0 aliphatic rings. The first kappa shape index (κ1) is 20.7. The number of aryl methyl sites for hydroxylation is 2. The van der Waals surface area contributed by atoms with Crippen LogP contribution in [0.1, 0.15) is 33.9 Å². The van der Waals surface area contributed by atoms with Crippen molar-refractivity contribution in [3.05, 3.63) is 59.0 Å². The van der Waals surface area contributed by atoms with E-state index in [2.05, 4.69) is 5.32 Å². The highest BCUT2D eigenvalue weighted by Gasteiger charge is 2.21. The Bertz CT molecular complexity index is 740. The molecule has 0 atom stereocenters. The van der Waals surface area contributed by atoms with E-state index in [4.69, 9.17) is 9.15 Å². The highest BCUT2D eigenvalue weighted by molar-refractivity contribution is 5.95. The van der Waals surface area contributed by atoms with Crippen LogP contribution in [0.15, 0.2) is 40.8 Å². The van der Waals surface area contributed by atoms with Crippen molar-refractivity contribution in [3.8, 4) is 0 Å². The van der Waals surface area contributed by atoms with Gasteiger partial charge >= 0.3 is 0 Å². The molecule has 1 heterocycles. The van der Waals surface area contributed by atoms with Crippen molar-refractivity contribution < 1.29 is 18.7 Å². The number of ether oxygens (including phenoxy) is 1. The Morgan fingerprint density at radius 1 is 1.15 bits per heavy atom. The Kier molecular flexibility index (Phi) is 8.07. The van der Waals surface area contributed by atoms with Gasteiger partial charge < -0.3 is 19.4 Å². The standard InChI is InChI=1S/C21H28N2O4/c1-16-15-19(17(2)27-16)21(25)23(13-14-26-3)12-10-20(24)22-11-9-18-7-5-4-6-8-18/h4-8,15H,9-14H2,1-3H3,(H,22,24). The summed E-state index contributed by atoms with van der Waals surface area (Å²) in [4.78, 5) is 26.6. The second-order valence-corrected chi connectivity index (χ2v) is 6.45. The Morgan fingerprint density at radius 3 is 2.52 bits per heavy atom. The maximum absolute atomic E-state index is 12.8. The average Bonchev–Trinajstić information content (AvgIpc) is 3.00. The fourth-order valence-electron chi connectivity index (χ4n) is 2.85. The third kappa shape index (κ3) is 6.57. The molecule has 1 N–H and O–H groups in total. The van der Waals surface area contributed by atoms with Crippen molar-refractivity contribution in [2.45, 2.75) is 26.7 Å². The molecule has 1 aromatic carbocycles. The second-order valence-electron chi connectivity index (χ2n) is 6.45. The average molecular weight is 372 g/mol. The highest BCUT2D eigenvalue weighted by atomic mass is 16.5. The molecule has 0 aliphatic carbocycles. The molecular weight excluding hydrogens is 344 g/mol. The fourth-order valence-corrected chi connectivity index (χ4v) is 2.85. The van der Waals surface area contributed by atoms with Crippen LogP contribution in [0.5, 0.6) is 0 Å². The first-order valence-corrected chi connectivity index (χ1v) is 9.17. The van der Waals surface area contributed by atoms with Gasteiger partial charge in [-0.3, -0.25) is 9.59 Å². The molecule has 0 saturated heterocycles. The van der Waals surface area contributed by atoms with E-state index in [-0.39, 0.29) is 18.2 Å². The molecule has 0 aliphatic heterocycles. The number of rotatable bonds is 10. The van der Waals surface area contributed by atoms with Crippen LogP contribution >= 0.6 is 0 Å². The largest absolute Gasteiger partial charge is 0.466 e. The summed E-state index contributed by atoms with van der Waals surface area (Å²) < 4.78 is 10.5. The molecule has 0 unspecified atom stereocenters. The van der Waals surface area contributed by atoms with Crippen LogP contribution in [0.3, 0.4) is 0 Å². The number of carbonyl (C=O) groups excluding carboxylic acids is 2. The van der Waals surface area contributed by atoms with Crippen LogP contribution in [0, 0.1) is 13.8 Å². The third-order valence-corrected chi connectivity index (χ3v) is 4.31. The van der Waals surface area contributed by atoms with Crippen LogP contribution in [0.2, 0.25) is 0 Å². The predicted molar refractivity (Wildman–Crippen MR) is 104 cm³/mol. The number of hydrogen-bond acceptors (Lipinski definition) is 4. The number of hydrogen-bond donors (Lipinski definition) is 1. The van der Waals surface area contributed by atoms with Crippen LogP contribution in [-0.2, 0) is 16.0 Å². The zero-order valence-corrected chi connectivity index (χ0v) is 16.3. The Labute approximate surface area is 160 Å². The van der Waals surface area contributed by atoms with Gasteiger partial charge in [0.2, 0.25) is 5.91 Å². The fraction of sp³-hybridized carbons (Fsp3) is 0.429.